The first kappa shape index (κ1) is 16.4. The van der Waals surface area contributed by atoms with Crippen molar-refractivity contribution in [3.63, 3.8) is 0 Å². The smallest absolute Gasteiger partial charge is 0.253 e. The molecule has 0 aliphatic rings. The first-order valence-corrected chi connectivity index (χ1v) is 8.80. The minimum atomic E-state index is -0.161. The van der Waals surface area contributed by atoms with Gasteiger partial charge in [0.15, 0.2) is 0 Å². The van der Waals surface area contributed by atoms with Gasteiger partial charge in [-0.3, -0.25) is 4.79 Å². The minimum Gasteiger partial charge on any atom is -0.345 e. The first-order valence-electron chi connectivity index (χ1n) is 6.41. The number of nitrogens with one attached hydrogen (secondary N) is 1. The molecule has 0 aliphatic carbocycles. The molecule has 2 rings (SSSR count). The third-order valence-electron chi connectivity index (χ3n) is 3.14. The number of thioether (sulfide) groups is 1. The van der Waals surface area contributed by atoms with E-state index in [2.05, 4.69) is 21.2 Å². The molecule has 1 atom stereocenters. The fourth-order valence-corrected chi connectivity index (χ4v) is 2.82. The van der Waals surface area contributed by atoms with Crippen molar-refractivity contribution < 1.29 is 4.79 Å². The molecule has 2 aromatic rings. The van der Waals surface area contributed by atoms with E-state index in [1.807, 2.05) is 49.6 Å². The Morgan fingerprint density at radius 3 is 2.52 bits per heavy atom. The van der Waals surface area contributed by atoms with Crippen LogP contribution in [0.3, 0.4) is 0 Å². The van der Waals surface area contributed by atoms with Crippen molar-refractivity contribution in [2.45, 2.75) is 17.9 Å². The van der Waals surface area contributed by atoms with Crippen molar-refractivity contribution >= 4 is 45.2 Å². The zero-order chi connectivity index (χ0) is 15.4. The van der Waals surface area contributed by atoms with Gasteiger partial charge in [-0.1, -0.05) is 39.7 Å². The SMILES string of the molecule is CSc1ccc(Cl)c(C(=O)NC(C)c2ccc(Br)cc2)c1. The zero-order valence-corrected chi connectivity index (χ0v) is 14.8. The Kier molecular flexibility index (Phi) is 5.73. The highest BCUT2D eigenvalue weighted by Gasteiger charge is 2.14. The van der Waals surface area contributed by atoms with Gasteiger partial charge >= 0.3 is 0 Å². The second-order valence-electron chi connectivity index (χ2n) is 4.59. The van der Waals surface area contributed by atoms with Gasteiger partial charge in [0.25, 0.3) is 5.91 Å². The van der Waals surface area contributed by atoms with Crippen LogP contribution in [-0.4, -0.2) is 12.2 Å². The van der Waals surface area contributed by atoms with Gasteiger partial charge in [0, 0.05) is 9.37 Å². The van der Waals surface area contributed by atoms with Crippen LogP contribution in [0.4, 0.5) is 0 Å². The van der Waals surface area contributed by atoms with Gasteiger partial charge in [0.05, 0.1) is 16.6 Å². The molecule has 110 valence electrons. The van der Waals surface area contributed by atoms with Crippen LogP contribution >= 0.6 is 39.3 Å². The fraction of sp³-hybridized carbons (Fsp3) is 0.188. The quantitative estimate of drug-likeness (QED) is 0.723. The van der Waals surface area contributed by atoms with Gasteiger partial charge in [-0.05, 0) is 49.1 Å². The Morgan fingerprint density at radius 1 is 1.24 bits per heavy atom. The molecule has 0 fully saturated rings. The molecular formula is C16H15BrClNOS. The summed E-state index contributed by atoms with van der Waals surface area (Å²) in [5, 5.41) is 3.44. The van der Waals surface area contributed by atoms with Gasteiger partial charge < -0.3 is 5.32 Å². The summed E-state index contributed by atoms with van der Waals surface area (Å²) < 4.78 is 1.01. The lowest BCUT2D eigenvalue weighted by Gasteiger charge is -2.15. The van der Waals surface area contributed by atoms with Crippen molar-refractivity contribution in [1.82, 2.24) is 5.32 Å². The van der Waals surface area contributed by atoms with Gasteiger partial charge in [-0.25, -0.2) is 0 Å². The van der Waals surface area contributed by atoms with E-state index in [4.69, 9.17) is 11.6 Å². The van der Waals surface area contributed by atoms with E-state index in [9.17, 15) is 4.79 Å². The molecule has 1 unspecified atom stereocenters. The van der Waals surface area contributed by atoms with Gasteiger partial charge in [-0.2, -0.15) is 0 Å². The van der Waals surface area contributed by atoms with Crippen molar-refractivity contribution in [3.05, 3.63) is 63.1 Å². The largest absolute Gasteiger partial charge is 0.345 e. The van der Waals surface area contributed by atoms with E-state index in [0.29, 0.717) is 10.6 Å². The van der Waals surface area contributed by atoms with E-state index in [-0.39, 0.29) is 11.9 Å². The van der Waals surface area contributed by atoms with E-state index >= 15 is 0 Å². The normalized spacial score (nSPS) is 12.0. The van der Waals surface area contributed by atoms with Crippen LogP contribution in [0.25, 0.3) is 0 Å². The van der Waals surface area contributed by atoms with Crippen LogP contribution in [0.2, 0.25) is 5.02 Å². The first-order chi connectivity index (χ1) is 10.0. The number of hydrogen-bond donors (Lipinski definition) is 1. The van der Waals surface area contributed by atoms with Crippen LogP contribution in [0.5, 0.6) is 0 Å². The number of benzene rings is 2. The van der Waals surface area contributed by atoms with Gasteiger partial charge in [-0.15, -0.1) is 11.8 Å². The number of carbonyl (C=O) groups excluding carboxylic acids is 1. The molecule has 5 heteroatoms. The van der Waals surface area contributed by atoms with E-state index < -0.39 is 0 Å². The Bertz CT molecular complexity index is 645. The minimum absolute atomic E-state index is 0.0837. The number of rotatable bonds is 4. The Labute approximate surface area is 142 Å². The van der Waals surface area contributed by atoms with E-state index in [0.717, 1.165) is 14.9 Å². The second-order valence-corrected chi connectivity index (χ2v) is 6.80. The third-order valence-corrected chi connectivity index (χ3v) is 4.72. The average molecular weight is 385 g/mol. The number of halogens is 2. The lowest BCUT2D eigenvalue weighted by atomic mass is 10.1. The predicted octanol–water partition coefficient (Wildman–Crippen LogP) is 5.32. The number of amides is 1. The second kappa shape index (κ2) is 7.34. The van der Waals surface area contributed by atoms with Crippen molar-refractivity contribution in [2.75, 3.05) is 6.26 Å². The summed E-state index contributed by atoms with van der Waals surface area (Å²) in [5.41, 5.74) is 1.55. The third kappa shape index (κ3) is 4.25. The van der Waals surface area contributed by atoms with E-state index in [1.54, 1.807) is 17.8 Å². The molecule has 2 nitrogen and oxygen atoms in total. The molecule has 21 heavy (non-hydrogen) atoms. The lowest BCUT2D eigenvalue weighted by Crippen LogP contribution is -2.26. The average Bonchev–Trinajstić information content (AvgIpc) is 2.48. The highest BCUT2D eigenvalue weighted by Crippen LogP contribution is 2.24. The highest BCUT2D eigenvalue weighted by atomic mass is 79.9. The van der Waals surface area contributed by atoms with Crippen LogP contribution in [0, 0.1) is 0 Å². The van der Waals surface area contributed by atoms with Gasteiger partial charge in [0.1, 0.15) is 0 Å². The molecule has 0 heterocycles. The molecule has 1 amide bonds. The molecule has 0 bridgehead atoms. The van der Waals surface area contributed by atoms with Crippen LogP contribution in [0.1, 0.15) is 28.9 Å². The molecule has 0 aromatic heterocycles. The zero-order valence-electron chi connectivity index (χ0n) is 11.7. The summed E-state index contributed by atoms with van der Waals surface area (Å²) in [4.78, 5) is 13.4. The van der Waals surface area contributed by atoms with Gasteiger partial charge in [0.2, 0.25) is 0 Å². The summed E-state index contributed by atoms with van der Waals surface area (Å²) in [6.07, 6.45) is 1.97. The molecule has 2 aromatic carbocycles. The summed E-state index contributed by atoms with van der Waals surface area (Å²) in [7, 11) is 0. The van der Waals surface area contributed by atoms with Crippen molar-refractivity contribution in [3.8, 4) is 0 Å². The molecule has 0 radical (unpaired) electrons. The molecule has 0 aliphatic heterocycles. The predicted molar refractivity (Wildman–Crippen MR) is 93.3 cm³/mol. The van der Waals surface area contributed by atoms with Crippen LogP contribution in [-0.2, 0) is 0 Å². The fourth-order valence-electron chi connectivity index (χ4n) is 1.91. The summed E-state index contributed by atoms with van der Waals surface area (Å²) in [6.45, 7) is 1.95. The number of hydrogen-bond acceptors (Lipinski definition) is 2. The molecule has 1 N–H and O–H groups in total. The van der Waals surface area contributed by atoms with E-state index in [1.165, 1.54) is 0 Å². The maximum Gasteiger partial charge on any atom is 0.253 e. The highest BCUT2D eigenvalue weighted by molar-refractivity contribution is 9.10. The summed E-state index contributed by atoms with van der Waals surface area (Å²) in [6, 6.07) is 13.3. The molecular weight excluding hydrogens is 370 g/mol. The molecule has 0 saturated heterocycles. The maximum atomic E-state index is 12.4. The topological polar surface area (TPSA) is 29.1 Å². The number of carbonyl (C=O) groups is 1. The monoisotopic (exact) mass is 383 g/mol. The maximum absolute atomic E-state index is 12.4. The molecule has 0 spiro atoms. The van der Waals surface area contributed by atoms with Crippen LogP contribution in [0.15, 0.2) is 51.8 Å². The Hall–Kier alpha value is -0.970. The Morgan fingerprint density at radius 2 is 1.90 bits per heavy atom. The Balaban J connectivity index is 2.15. The summed E-state index contributed by atoms with van der Waals surface area (Å²) >= 11 is 11.1. The van der Waals surface area contributed by atoms with Crippen molar-refractivity contribution in [1.29, 1.82) is 0 Å². The summed E-state index contributed by atoms with van der Waals surface area (Å²) in [5.74, 6) is -0.161. The standard InChI is InChI=1S/C16H15BrClNOS/c1-10(11-3-5-12(17)6-4-11)19-16(20)14-9-13(21-2)7-8-15(14)18/h3-10H,1-2H3,(H,19,20). The van der Waals surface area contributed by atoms with Crippen molar-refractivity contribution in [2.24, 2.45) is 0 Å². The lowest BCUT2D eigenvalue weighted by molar-refractivity contribution is 0.0940. The molecule has 0 saturated carbocycles. The van der Waals surface area contributed by atoms with Crippen LogP contribution < -0.4 is 5.32 Å².